The van der Waals surface area contributed by atoms with Crippen LogP contribution in [0, 0.1) is 0 Å². The SMILES string of the molecule is O=C1OC2(OC=C(c3ccc(Cl)cc3)C2=O)c2ccccc21. The molecule has 4 nitrogen and oxygen atoms in total. The molecule has 4 rings (SSSR count). The minimum absolute atomic E-state index is 0.348. The number of halogens is 1. The van der Waals surface area contributed by atoms with Crippen molar-refractivity contribution in [3.63, 3.8) is 0 Å². The fourth-order valence-electron chi connectivity index (χ4n) is 2.70. The summed E-state index contributed by atoms with van der Waals surface area (Å²) < 4.78 is 10.8. The molecule has 2 heterocycles. The van der Waals surface area contributed by atoms with E-state index in [1.165, 1.54) is 6.26 Å². The van der Waals surface area contributed by atoms with E-state index in [0.717, 1.165) is 0 Å². The van der Waals surface area contributed by atoms with Crippen molar-refractivity contribution in [1.29, 1.82) is 0 Å². The number of ether oxygens (including phenoxy) is 2. The van der Waals surface area contributed by atoms with Crippen molar-refractivity contribution < 1.29 is 19.1 Å². The number of benzene rings is 2. The molecule has 108 valence electrons. The van der Waals surface area contributed by atoms with Gasteiger partial charge in [0.1, 0.15) is 6.26 Å². The fourth-order valence-corrected chi connectivity index (χ4v) is 2.83. The van der Waals surface area contributed by atoms with E-state index in [1.54, 1.807) is 48.5 Å². The molecule has 2 aromatic rings. The molecule has 0 saturated carbocycles. The van der Waals surface area contributed by atoms with Gasteiger partial charge in [-0.2, -0.15) is 0 Å². The monoisotopic (exact) mass is 312 g/mol. The molecule has 0 aliphatic carbocycles. The first kappa shape index (κ1) is 13.1. The predicted molar refractivity (Wildman–Crippen MR) is 79.1 cm³/mol. The lowest BCUT2D eigenvalue weighted by molar-refractivity contribution is -0.173. The van der Waals surface area contributed by atoms with E-state index in [4.69, 9.17) is 21.1 Å². The summed E-state index contributed by atoms with van der Waals surface area (Å²) >= 11 is 5.86. The first-order valence-corrected chi connectivity index (χ1v) is 7.01. The van der Waals surface area contributed by atoms with Gasteiger partial charge in [-0.3, -0.25) is 4.79 Å². The Bertz CT molecular complexity index is 838. The van der Waals surface area contributed by atoms with E-state index in [1.807, 2.05) is 0 Å². The van der Waals surface area contributed by atoms with Gasteiger partial charge in [-0.1, -0.05) is 35.9 Å². The Morgan fingerprint density at radius 3 is 2.45 bits per heavy atom. The van der Waals surface area contributed by atoms with Crippen molar-refractivity contribution in [3.8, 4) is 0 Å². The molecule has 5 heteroatoms. The smallest absolute Gasteiger partial charge is 0.347 e. The number of esters is 1. The zero-order valence-corrected chi connectivity index (χ0v) is 12.0. The summed E-state index contributed by atoms with van der Waals surface area (Å²) in [5.41, 5.74) is 1.79. The lowest BCUT2D eigenvalue weighted by Gasteiger charge is -2.20. The van der Waals surface area contributed by atoms with E-state index in [9.17, 15) is 9.59 Å². The van der Waals surface area contributed by atoms with Crippen LogP contribution in [0.3, 0.4) is 0 Å². The van der Waals surface area contributed by atoms with Gasteiger partial charge in [-0.05, 0) is 29.8 Å². The minimum atomic E-state index is -1.69. The molecule has 0 bridgehead atoms. The summed E-state index contributed by atoms with van der Waals surface area (Å²) in [4.78, 5) is 24.8. The van der Waals surface area contributed by atoms with Crippen LogP contribution in [0.4, 0.5) is 0 Å². The minimum Gasteiger partial charge on any atom is -0.449 e. The summed E-state index contributed by atoms with van der Waals surface area (Å²) in [7, 11) is 0. The predicted octanol–water partition coefficient (Wildman–Crippen LogP) is 3.30. The maximum atomic E-state index is 12.8. The number of ketones is 1. The van der Waals surface area contributed by atoms with Gasteiger partial charge in [0.05, 0.1) is 16.7 Å². The Morgan fingerprint density at radius 1 is 0.955 bits per heavy atom. The molecule has 0 saturated heterocycles. The zero-order valence-electron chi connectivity index (χ0n) is 11.2. The van der Waals surface area contributed by atoms with Crippen molar-refractivity contribution in [1.82, 2.24) is 0 Å². The van der Waals surface area contributed by atoms with Gasteiger partial charge in [0, 0.05) is 5.02 Å². The van der Waals surface area contributed by atoms with Crippen LogP contribution < -0.4 is 0 Å². The van der Waals surface area contributed by atoms with Crippen LogP contribution in [0.25, 0.3) is 5.57 Å². The molecule has 1 unspecified atom stereocenters. The zero-order chi connectivity index (χ0) is 15.3. The van der Waals surface area contributed by atoms with Gasteiger partial charge < -0.3 is 9.47 Å². The molecular weight excluding hydrogens is 304 g/mol. The molecule has 2 aliphatic rings. The fraction of sp³-hybridized carbons (Fsp3) is 0.0588. The molecular formula is C17H9ClO4. The molecule has 2 aromatic carbocycles. The van der Waals surface area contributed by atoms with E-state index in [-0.39, 0.29) is 0 Å². The Hall–Kier alpha value is -2.59. The second kappa shape index (κ2) is 4.45. The quantitative estimate of drug-likeness (QED) is 0.758. The van der Waals surface area contributed by atoms with Crippen LogP contribution in [0.5, 0.6) is 0 Å². The van der Waals surface area contributed by atoms with Gasteiger partial charge in [-0.25, -0.2) is 4.79 Å². The third-order valence-corrected chi connectivity index (χ3v) is 4.03. The highest BCUT2D eigenvalue weighted by molar-refractivity contribution is 6.31. The topological polar surface area (TPSA) is 52.6 Å². The van der Waals surface area contributed by atoms with Crippen LogP contribution in [0.15, 0.2) is 54.8 Å². The van der Waals surface area contributed by atoms with Crippen molar-refractivity contribution in [2.45, 2.75) is 5.79 Å². The van der Waals surface area contributed by atoms with E-state index < -0.39 is 17.5 Å². The molecule has 22 heavy (non-hydrogen) atoms. The molecule has 0 aromatic heterocycles. The Kier molecular flexibility index (Phi) is 2.65. The van der Waals surface area contributed by atoms with Crippen molar-refractivity contribution >= 4 is 28.9 Å². The first-order chi connectivity index (χ1) is 10.6. The van der Waals surface area contributed by atoms with Gasteiger partial charge in [-0.15, -0.1) is 0 Å². The van der Waals surface area contributed by atoms with Crippen LogP contribution in [-0.4, -0.2) is 11.8 Å². The number of carbonyl (C=O) groups is 2. The standard InChI is InChI=1S/C17H9ClO4/c18-11-7-5-10(6-8-11)13-9-21-17(15(13)19)14-4-2-1-3-12(14)16(20)22-17/h1-9H. The number of carbonyl (C=O) groups excluding carboxylic acids is 2. The second-order valence-electron chi connectivity index (χ2n) is 5.04. The highest BCUT2D eigenvalue weighted by Crippen LogP contribution is 2.45. The van der Waals surface area contributed by atoms with Gasteiger partial charge in [0.25, 0.3) is 5.78 Å². The third kappa shape index (κ3) is 1.64. The summed E-state index contributed by atoms with van der Waals surface area (Å²) in [6.45, 7) is 0. The highest BCUT2D eigenvalue weighted by Gasteiger charge is 2.57. The number of hydrogen-bond donors (Lipinski definition) is 0. The molecule has 0 amide bonds. The van der Waals surface area contributed by atoms with Crippen LogP contribution in [0.1, 0.15) is 21.5 Å². The number of fused-ring (bicyclic) bond motifs is 2. The first-order valence-electron chi connectivity index (χ1n) is 6.63. The average molecular weight is 313 g/mol. The van der Waals surface area contributed by atoms with Crippen molar-refractivity contribution in [2.75, 3.05) is 0 Å². The molecule has 0 N–H and O–H groups in total. The van der Waals surface area contributed by atoms with Crippen molar-refractivity contribution in [2.24, 2.45) is 0 Å². The van der Waals surface area contributed by atoms with E-state index >= 15 is 0 Å². The summed E-state index contributed by atoms with van der Waals surface area (Å²) in [6, 6.07) is 13.5. The van der Waals surface area contributed by atoms with Crippen LogP contribution in [-0.2, 0) is 20.1 Å². The van der Waals surface area contributed by atoms with Gasteiger partial charge >= 0.3 is 11.8 Å². The number of rotatable bonds is 1. The lowest BCUT2D eigenvalue weighted by Crippen LogP contribution is -2.34. The molecule has 1 spiro atoms. The Balaban J connectivity index is 1.78. The van der Waals surface area contributed by atoms with Gasteiger partial charge in [0.2, 0.25) is 0 Å². The normalized spacial score (nSPS) is 22.3. The average Bonchev–Trinajstić information content (AvgIpc) is 3.01. The lowest BCUT2D eigenvalue weighted by atomic mass is 9.93. The summed E-state index contributed by atoms with van der Waals surface area (Å²) in [5, 5.41) is 0.572. The largest absolute Gasteiger partial charge is 0.449 e. The molecule has 0 fully saturated rings. The Morgan fingerprint density at radius 2 is 1.68 bits per heavy atom. The third-order valence-electron chi connectivity index (χ3n) is 3.78. The van der Waals surface area contributed by atoms with Crippen LogP contribution >= 0.6 is 11.6 Å². The number of Topliss-reactive ketones (excluding diaryl/α,β-unsaturated/α-hetero) is 1. The maximum absolute atomic E-state index is 12.8. The second-order valence-corrected chi connectivity index (χ2v) is 5.47. The van der Waals surface area contributed by atoms with Crippen molar-refractivity contribution in [3.05, 3.63) is 76.5 Å². The van der Waals surface area contributed by atoms with E-state index in [0.29, 0.717) is 27.3 Å². The van der Waals surface area contributed by atoms with Gasteiger partial charge in [0.15, 0.2) is 0 Å². The molecule has 2 aliphatic heterocycles. The molecule has 1 atom stereocenters. The summed E-state index contributed by atoms with van der Waals surface area (Å²) in [5.74, 6) is -2.65. The van der Waals surface area contributed by atoms with E-state index in [2.05, 4.69) is 0 Å². The molecule has 0 radical (unpaired) electrons. The number of hydrogen-bond acceptors (Lipinski definition) is 4. The summed E-state index contributed by atoms with van der Waals surface area (Å²) in [6.07, 6.45) is 1.33. The Labute approximate surface area is 130 Å². The van der Waals surface area contributed by atoms with Crippen LogP contribution in [0.2, 0.25) is 5.02 Å². The highest BCUT2D eigenvalue weighted by atomic mass is 35.5. The maximum Gasteiger partial charge on any atom is 0.347 e.